The Kier molecular flexibility index (Phi) is 5.00. The second kappa shape index (κ2) is 5.05. The third-order valence-corrected chi connectivity index (χ3v) is 0.934. The van der Waals surface area contributed by atoms with Gasteiger partial charge >= 0.3 is 0 Å². The number of rotatable bonds is 3. The van der Waals surface area contributed by atoms with Crippen molar-refractivity contribution >= 4 is 21.8 Å². The Bertz CT molecular complexity index is 68.4. The molecule has 0 fully saturated rings. The summed E-state index contributed by atoms with van der Waals surface area (Å²) in [6, 6.07) is 0. The fourth-order valence-corrected chi connectivity index (χ4v) is 0.611. The first-order valence-corrected chi connectivity index (χ1v) is 3.31. The molecule has 0 aromatic rings. The molecule has 0 spiro atoms. The van der Waals surface area contributed by atoms with Crippen molar-refractivity contribution < 1.29 is 9.63 Å². The number of carbonyl (C=O) groups excluding carboxylic acids is 1. The van der Waals surface area contributed by atoms with Crippen molar-refractivity contribution in [2.24, 2.45) is 0 Å². The van der Waals surface area contributed by atoms with Crippen molar-refractivity contribution in [1.29, 1.82) is 0 Å². The van der Waals surface area contributed by atoms with Crippen LogP contribution in [0.25, 0.3) is 0 Å². The first kappa shape index (κ1) is 7.91. The Morgan fingerprint density at radius 2 is 2.50 bits per heavy atom. The monoisotopic (exact) mass is 181 g/mol. The minimum Gasteiger partial charge on any atom is -0.277 e. The summed E-state index contributed by atoms with van der Waals surface area (Å²) in [5.41, 5.74) is 2.18. The maximum atomic E-state index is 10.4. The molecular weight excluding hydrogens is 174 g/mol. The lowest BCUT2D eigenvalue weighted by atomic mass is 10.5. The smallest absolute Gasteiger partial charge is 0.244 e. The summed E-state index contributed by atoms with van der Waals surface area (Å²) in [5.74, 6) is -0.107. The van der Waals surface area contributed by atoms with Crippen molar-refractivity contribution in [3.63, 3.8) is 0 Å². The molecule has 0 heterocycles. The van der Waals surface area contributed by atoms with E-state index in [9.17, 15) is 4.79 Å². The second-order valence-electron chi connectivity index (χ2n) is 1.17. The summed E-state index contributed by atoms with van der Waals surface area (Å²) >= 11 is 3.10. The van der Waals surface area contributed by atoms with Gasteiger partial charge in [0.25, 0.3) is 0 Å². The quantitative estimate of drug-likeness (QED) is 0.508. The lowest BCUT2D eigenvalue weighted by Crippen LogP contribution is -2.21. The zero-order valence-electron chi connectivity index (χ0n) is 4.61. The van der Waals surface area contributed by atoms with Gasteiger partial charge in [0.2, 0.25) is 5.91 Å². The number of halogens is 1. The molecule has 3 nitrogen and oxygen atoms in total. The Morgan fingerprint density at radius 3 is 2.88 bits per heavy atom. The molecule has 0 aromatic carbocycles. The minimum atomic E-state index is -0.107. The molecule has 1 N–H and O–H groups in total. The first-order chi connectivity index (χ1) is 3.81. The van der Waals surface area contributed by atoms with Crippen LogP contribution in [0.15, 0.2) is 0 Å². The molecule has 0 aliphatic carbocycles. The normalized spacial score (nSPS) is 8.75. The van der Waals surface area contributed by atoms with Gasteiger partial charge < -0.3 is 0 Å². The summed E-state index contributed by atoms with van der Waals surface area (Å²) in [6.45, 7) is 0. The zero-order chi connectivity index (χ0) is 6.41. The summed E-state index contributed by atoms with van der Waals surface area (Å²) in [5, 5.41) is 0.669. The van der Waals surface area contributed by atoms with Crippen LogP contribution in [-0.2, 0) is 9.63 Å². The highest BCUT2D eigenvalue weighted by Crippen LogP contribution is 1.85. The summed E-state index contributed by atoms with van der Waals surface area (Å²) in [4.78, 5) is 14.7. The van der Waals surface area contributed by atoms with E-state index in [0.29, 0.717) is 11.8 Å². The molecule has 0 radical (unpaired) electrons. The van der Waals surface area contributed by atoms with Crippen molar-refractivity contribution in [3.05, 3.63) is 0 Å². The number of amides is 1. The van der Waals surface area contributed by atoms with Crippen LogP contribution in [0.2, 0.25) is 0 Å². The predicted molar refractivity (Wildman–Crippen MR) is 33.6 cm³/mol. The Hall–Kier alpha value is -0.0900. The molecule has 0 saturated carbocycles. The average molecular weight is 182 g/mol. The third kappa shape index (κ3) is 4.08. The zero-order valence-corrected chi connectivity index (χ0v) is 6.19. The molecule has 0 saturated heterocycles. The largest absolute Gasteiger partial charge is 0.277 e. The SMILES string of the molecule is CONC(=O)CCBr. The van der Waals surface area contributed by atoms with Gasteiger partial charge in [0.1, 0.15) is 0 Å². The van der Waals surface area contributed by atoms with Gasteiger partial charge in [-0.2, -0.15) is 0 Å². The third-order valence-electron chi connectivity index (χ3n) is 0.537. The van der Waals surface area contributed by atoms with E-state index in [1.165, 1.54) is 7.11 Å². The average Bonchev–Trinajstić information content (AvgIpc) is 1.68. The van der Waals surface area contributed by atoms with Gasteiger partial charge in [0.05, 0.1) is 7.11 Å². The highest BCUT2D eigenvalue weighted by Gasteiger charge is 1.94. The van der Waals surface area contributed by atoms with Crippen LogP contribution in [0.3, 0.4) is 0 Å². The lowest BCUT2D eigenvalue weighted by Gasteiger charge is -1.96. The minimum absolute atomic E-state index is 0.107. The van der Waals surface area contributed by atoms with Crippen LogP contribution < -0.4 is 5.48 Å². The van der Waals surface area contributed by atoms with Crippen LogP contribution in [-0.4, -0.2) is 18.3 Å². The standard InChI is InChI=1S/C4H8BrNO2/c1-8-6-4(7)2-3-5/h2-3H2,1H3,(H,6,7). The number of hydrogen-bond acceptors (Lipinski definition) is 2. The fourth-order valence-electron chi connectivity index (χ4n) is 0.251. The molecule has 0 bridgehead atoms. The molecule has 0 rings (SSSR count). The van der Waals surface area contributed by atoms with E-state index in [1.807, 2.05) is 0 Å². The van der Waals surface area contributed by atoms with Gasteiger partial charge in [-0.05, 0) is 0 Å². The van der Waals surface area contributed by atoms with E-state index >= 15 is 0 Å². The summed E-state index contributed by atoms with van der Waals surface area (Å²) in [7, 11) is 1.41. The highest BCUT2D eigenvalue weighted by molar-refractivity contribution is 9.09. The fraction of sp³-hybridized carbons (Fsp3) is 0.750. The number of carbonyl (C=O) groups is 1. The van der Waals surface area contributed by atoms with E-state index < -0.39 is 0 Å². The van der Waals surface area contributed by atoms with E-state index in [1.54, 1.807) is 0 Å². The second-order valence-corrected chi connectivity index (χ2v) is 1.96. The molecule has 0 aromatic heterocycles. The molecule has 0 aliphatic heterocycles. The van der Waals surface area contributed by atoms with Crippen molar-refractivity contribution in [1.82, 2.24) is 5.48 Å². The van der Waals surface area contributed by atoms with E-state index in [-0.39, 0.29) is 5.91 Å². The lowest BCUT2D eigenvalue weighted by molar-refractivity contribution is -0.130. The summed E-state index contributed by atoms with van der Waals surface area (Å²) < 4.78 is 0. The van der Waals surface area contributed by atoms with E-state index in [0.717, 1.165) is 0 Å². The maximum Gasteiger partial charge on any atom is 0.244 e. The first-order valence-electron chi connectivity index (χ1n) is 2.19. The van der Waals surface area contributed by atoms with Crippen molar-refractivity contribution in [3.8, 4) is 0 Å². The molecule has 48 valence electrons. The highest BCUT2D eigenvalue weighted by atomic mass is 79.9. The van der Waals surface area contributed by atoms with E-state index in [4.69, 9.17) is 0 Å². The van der Waals surface area contributed by atoms with Crippen LogP contribution in [0.1, 0.15) is 6.42 Å². The van der Waals surface area contributed by atoms with Crippen molar-refractivity contribution in [2.75, 3.05) is 12.4 Å². The van der Waals surface area contributed by atoms with Crippen molar-refractivity contribution in [2.45, 2.75) is 6.42 Å². The van der Waals surface area contributed by atoms with Crippen LogP contribution >= 0.6 is 15.9 Å². The van der Waals surface area contributed by atoms with Gasteiger partial charge in [0.15, 0.2) is 0 Å². The van der Waals surface area contributed by atoms with Gasteiger partial charge in [-0.25, -0.2) is 5.48 Å². The van der Waals surface area contributed by atoms with Gasteiger partial charge in [-0.1, -0.05) is 15.9 Å². The Morgan fingerprint density at radius 1 is 1.88 bits per heavy atom. The Labute approximate surface area is 56.5 Å². The molecule has 8 heavy (non-hydrogen) atoms. The van der Waals surface area contributed by atoms with Crippen LogP contribution in [0.4, 0.5) is 0 Å². The van der Waals surface area contributed by atoms with E-state index in [2.05, 4.69) is 26.2 Å². The predicted octanol–water partition coefficient (Wildman–Crippen LogP) is 0.449. The number of hydroxylamine groups is 1. The number of alkyl halides is 1. The molecule has 0 atom stereocenters. The van der Waals surface area contributed by atoms with Crippen LogP contribution in [0.5, 0.6) is 0 Å². The van der Waals surface area contributed by atoms with Gasteiger partial charge in [-0.3, -0.25) is 9.63 Å². The van der Waals surface area contributed by atoms with Gasteiger partial charge in [-0.15, -0.1) is 0 Å². The molecule has 0 aliphatic rings. The topological polar surface area (TPSA) is 38.3 Å². The van der Waals surface area contributed by atoms with Crippen LogP contribution in [0, 0.1) is 0 Å². The Balaban J connectivity index is 3.06. The number of hydrogen-bond donors (Lipinski definition) is 1. The maximum absolute atomic E-state index is 10.4. The number of nitrogens with one attached hydrogen (secondary N) is 1. The molecule has 4 heteroatoms. The molecular formula is C4H8BrNO2. The molecule has 1 amide bonds. The summed E-state index contributed by atoms with van der Waals surface area (Å²) in [6.07, 6.45) is 0.452. The van der Waals surface area contributed by atoms with Gasteiger partial charge in [0, 0.05) is 11.8 Å². The molecule has 0 unspecified atom stereocenters.